The second-order valence-electron chi connectivity index (χ2n) is 3.39. The van der Waals surface area contributed by atoms with Crippen LogP contribution in [0.4, 0.5) is 0 Å². The number of rotatable bonds is 6. The van der Waals surface area contributed by atoms with Crippen molar-refractivity contribution < 1.29 is 0 Å². The molecule has 0 amide bonds. The molecule has 0 heterocycles. The zero-order chi connectivity index (χ0) is 8.69. The zero-order valence-electron chi connectivity index (χ0n) is 8.06. The molecule has 0 aliphatic carbocycles. The molecule has 1 nitrogen and oxygen atoms in total. The standard InChI is InChI=1S/C9H21NSi/c1-5-11(9(2)3)8-6-7-10-4/h5,9-11H,1,6-8H2,2-4H3. The maximum absolute atomic E-state index is 3.90. The van der Waals surface area contributed by atoms with Crippen LogP contribution in [0, 0.1) is 0 Å². The summed E-state index contributed by atoms with van der Waals surface area (Å²) < 4.78 is 0. The smallest absolute Gasteiger partial charge is 0.0633 e. The largest absolute Gasteiger partial charge is 0.320 e. The van der Waals surface area contributed by atoms with Gasteiger partial charge >= 0.3 is 0 Å². The van der Waals surface area contributed by atoms with Crippen LogP contribution in [0.3, 0.4) is 0 Å². The van der Waals surface area contributed by atoms with Gasteiger partial charge in [0.2, 0.25) is 0 Å². The summed E-state index contributed by atoms with van der Waals surface area (Å²) in [7, 11) is 1.42. The molecule has 11 heavy (non-hydrogen) atoms. The van der Waals surface area contributed by atoms with E-state index in [-0.39, 0.29) is 0 Å². The minimum atomic E-state index is -0.594. The molecular weight excluding hydrogens is 150 g/mol. The quantitative estimate of drug-likeness (QED) is 0.476. The van der Waals surface area contributed by atoms with E-state index in [1.165, 1.54) is 12.5 Å². The minimum absolute atomic E-state index is 0.594. The molecule has 1 N–H and O–H groups in total. The van der Waals surface area contributed by atoms with Gasteiger partial charge in [0, 0.05) is 0 Å². The SMILES string of the molecule is C=C[SiH](CCCNC)C(C)C. The minimum Gasteiger partial charge on any atom is -0.320 e. The summed E-state index contributed by atoms with van der Waals surface area (Å²) in [5, 5.41) is 3.17. The van der Waals surface area contributed by atoms with E-state index in [1.807, 2.05) is 7.05 Å². The van der Waals surface area contributed by atoms with Crippen molar-refractivity contribution in [3.05, 3.63) is 12.3 Å². The Morgan fingerprint density at radius 1 is 1.55 bits per heavy atom. The molecule has 0 aliphatic heterocycles. The predicted octanol–water partition coefficient (Wildman–Crippen LogP) is 1.96. The fraction of sp³-hybridized carbons (Fsp3) is 0.778. The Hall–Kier alpha value is -0.0831. The van der Waals surface area contributed by atoms with Crippen molar-refractivity contribution in [1.82, 2.24) is 5.32 Å². The third-order valence-electron chi connectivity index (χ3n) is 2.12. The zero-order valence-corrected chi connectivity index (χ0v) is 9.22. The van der Waals surface area contributed by atoms with E-state index in [4.69, 9.17) is 0 Å². The summed E-state index contributed by atoms with van der Waals surface area (Å²) in [6.45, 7) is 9.69. The molecule has 0 aromatic rings. The van der Waals surface area contributed by atoms with Gasteiger partial charge in [-0.05, 0) is 20.0 Å². The molecule has 0 radical (unpaired) electrons. The van der Waals surface area contributed by atoms with Gasteiger partial charge in [-0.1, -0.05) is 25.4 Å². The highest BCUT2D eigenvalue weighted by Crippen LogP contribution is 2.13. The van der Waals surface area contributed by atoms with E-state index in [1.54, 1.807) is 0 Å². The summed E-state index contributed by atoms with van der Waals surface area (Å²) in [5.41, 5.74) is 3.10. The first kappa shape index (κ1) is 10.9. The highest BCUT2D eigenvalue weighted by Gasteiger charge is 2.09. The van der Waals surface area contributed by atoms with E-state index in [0.717, 1.165) is 12.1 Å². The molecule has 66 valence electrons. The number of hydrogen-bond donors (Lipinski definition) is 1. The van der Waals surface area contributed by atoms with Crippen molar-refractivity contribution in [2.45, 2.75) is 31.9 Å². The molecule has 0 saturated carbocycles. The van der Waals surface area contributed by atoms with Crippen LogP contribution in [-0.4, -0.2) is 22.4 Å². The Morgan fingerprint density at radius 3 is 2.55 bits per heavy atom. The van der Waals surface area contributed by atoms with Gasteiger partial charge in [-0.2, -0.15) is 0 Å². The van der Waals surface area contributed by atoms with Crippen LogP contribution in [0.15, 0.2) is 12.3 Å². The lowest BCUT2D eigenvalue weighted by atomic mass is 10.5. The van der Waals surface area contributed by atoms with Crippen LogP contribution in [0.1, 0.15) is 20.3 Å². The molecule has 0 aromatic heterocycles. The second-order valence-corrected chi connectivity index (χ2v) is 7.10. The molecule has 0 aromatic carbocycles. The van der Waals surface area contributed by atoms with Crippen molar-refractivity contribution in [3.63, 3.8) is 0 Å². The summed E-state index contributed by atoms with van der Waals surface area (Å²) in [5.74, 6) is 0. The van der Waals surface area contributed by atoms with E-state index < -0.39 is 8.80 Å². The first-order chi connectivity index (χ1) is 5.22. The van der Waals surface area contributed by atoms with Crippen molar-refractivity contribution in [3.8, 4) is 0 Å². The maximum atomic E-state index is 3.90. The first-order valence-electron chi connectivity index (χ1n) is 4.49. The molecule has 0 bridgehead atoms. The van der Waals surface area contributed by atoms with Gasteiger partial charge in [0.1, 0.15) is 0 Å². The fourth-order valence-electron chi connectivity index (χ4n) is 1.24. The Labute approximate surface area is 72.5 Å². The Morgan fingerprint density at radius 2 is 2.18 bits per heavy atom. The summed E-state index contributed by atoms with van der Waals surface area (Å²) in [6.07, 6.45) is 1.32. The van der Waals surface area contributed by atoms with Crippen LogP contribution < -0.4 is 5.32 Å². The fourth-order valence-corrected chi connectivity index (χ4v) is 3.36. The normalized spacial score (nSPS) is 13.5. The van der Waals surface area contributed by atoms with Crippen LogP contribution in [0.5, 0.6) is 0 Å². The molecule has 0 spiro atoms. The van der Waals surface area contributed by atoms with E-state index in [2.05, 4.69) is 31.4 Å². The molecule has 1 atom stereocenters. The molecular formula is C9H21NSi. The van der Waals surface area contributed by atoms with E-state index in [0.29, 0.717) is 0 Å². The summed E-state index contributed by atoms with van der Waals surface area (Å²) >= 11 is 0. The highest BCUT2D eigenvalue weighted by atomic mass is 28.3. The van der Waals surface area contributed by atoms with Gasteiger partial charge < -0.3 is 5.32 Å². The monoisotopic (exact) mass is 171 g/mol. The summed E-state index contributed by atoms with van der Waals surface area (Å²) in [4.78, 5) is 0. The lowest BCUT2D eigenvalue weighted by molar-refractivity contribution is 0.764. The molecule has 0 rings (SSSR count). The van der Waals surface area contributed by atoms with Crippen LogP contribution in [0.25, 0.3) is 0 Å². The third-order valence-corrected chi connectivity index (χ3v) is 5.52. The van der Waals surface area contributed by atoms with Crippen LogP contribution in [-0.2, 0) is 0 Å². The third kappa shape index (κ3) is 5.22. The maximum Gasteiger partial charge on any atom is 0.0633 e. The Bertz CT molecular complexity index is 102. The number of hydrogen-bond acceptors (Lipinski definition) is 1. The Balaban J connectivity index is 3.44. The molecule has 0 saturated heterocycles. The topological polar surface area (TPSA) is 12.0 Å². The van der Waals surface area contributed by atoms with Crippen molar-refractivity contribution in [1.29, 1.82) is 0 Å². The van der Waals surface area contributed by atoms with Gasteiger partial charge in [-0.3, -0.25) is 0 Å². The molecule has 0 aliphatic rings. The van der Waals surface area contributed by atoms with Crippen molar-refractivity contribution in [2.24, 2.45) is 0 Å². The van der Waals surface area contributed by atoms with Crippen LogP contribution in [0.2, 0.25) is 11.6 Å². The van der Waals surface area contributed by atoms with Crippen molar-refractivity contribution in [2.75, 3.05) is 13.6 Å². The average Bonchev–Trinajstić information content (AvgIpc) is 1.97. The van der Waals surface area contributed by atoms with Gasteiger partial charge in [-0.15, -0.1) is 12.3 Å². The molecule has 2 heteroatoms. The number of nitrogens with one attached hydrogen (secondary N) is 1. The molecule has 1 unspecified atom stereocenters. The van der Waals surface area contributed by atoms with E-state index >= 15 is 0 Å². The Kier molecular flexibility index (Phi) is 6.57. The van der Waals surface area contributed by atoms with Crippen molar-refractivity contribution >= 4 is 8.80 Å². The van der Waals surface area contributed by atoms with Gasteiger partial charge in [0.05, 0.1) is 8.80 Å². The van der Waals surface area contributed by atoms with Crippen LogP contribution >= 0.6 is 0 Å². The lowest BCUT2D eigenvalue weighted by Gasteiger charge is -2.13. The van der Waals surface area contributed by atoms with E-state index in [9.17, 15) is 0 Å². The highest BCUT2D eigenvalue weighted by molar-refractivity contribution is 6.65. The summed E-state index contributed by atoms with van der Waals surface area (Å²) in [6, 6.07) is 1.40. The first-order valence-corrected chi connectivity index (χ1v) is 6.64. The second kappa shape index (κ2) is 6.62. The average molecular weight is 171 g/mol. The van der Waals surface area contributed by atoms with Gasteiger partial charge in [0.25, 0.3) is 0 Å². The van der Waals surface area contributed by atoms with Gasteiger partial charge in [0.15, 0.2) is 0 Å². The predicted molar refractivity (Wildman–Crippen MR) is 55.8 cm³/mol. The van der Waals surface area contributed by atoms with Gasteiger partial charge in [-0.25, -0.2) is 0 Å². The lowest BCUT2D eigenvalue weighted by Crippen LogP contribution is -2.16. The molecule has 0 fully saturated rings.